The number of H-pyrrole nitrogens is 1. The molecule has 0 spiro atoms. The Balaban J connectivity index is 2.03. The lowest BCUT2D eigenvalue weighted by atomic mass is 10.0. The first kappa shape index (κ1) is 15.2. The standard InChI is InChI=1S/C13H17N3O5/c1-8(17)12-10(6-14-15-13(12)20)16-4-2-9(16)7-21-5-3-11(18)19/h6,9H,2-5,7H2,1H3,(H,15,20)(H,18,19)/t9-/m1/s1. The van der Waals surface area contributed by atoms with E-state index in [4.69, 9.17) is 9.84 Å². The molecular weight excluding hydrogens is 278 g/mol. The maximum Gasteiger partial charge on any atom is 0.305 e. The van der Waals surface area contributed by atoms with E-state index in [2.05, 4.69) is 10.2 Å². The van der Waals surface area contributed by atoms with Gasteiger partial charge in [-0.25, -0.2) is 5.10 Å². The summed E-state index contributed by atoms with van der Waals surface area (Å²) in [5, 5.41) is 14.5. The number of carboxylic acids is 1. The van der Waals surface area contributed by atoms with E-state index < -0.39 is 11.5 Å². The highest BCUT2D eigenvalue weighted by atomic mass is 16.5. The summed E-state index contributed by atoms with van der Waals surface area (Å²) in [4.78, 5) is 35.6. The molecule has 1 aromatic heterocycles. The fraction of sp³-hybridized carbons (Fsp3) is 0.538. The molecule has 1 atom stereocenters. The number of carbonyl (C=O) groups is 2. The number of nitrogens with zero attached hydrogens (tertiary/aromatic N) is 2. The number of Topliss-reactive ketones (excluding diaryl/α,β-unsaturated/α-hetero) is 1. The zero-order chi connectivity index (χ0) is 15.4. The number of aliphatic carboxylic acids is 1. The summed E-state index contributed by atoms with van der Waals surface area (Å²) in [5.41, 5.74) is 0.0991. The molecule has 0 saturated carbocycles. The summed E-state index contributed by atoms with van der Waals surface area (Å²) < 4.78 is 5.32. The second-order valence-corrected chi connectivity index (χ2v) is 4.87. The highest BCUT2D eigenvalue weighted by Gasteiger charge is 2.31. The van der Waals surface area contributed by atoms with Gasteiger partial charge in [0.15, 0.2) is 5.78 Å². The van der Waals surface area contributed by atoms with Crippen molar-refractivity contribution in [2.75, 3.05) is 24.7 Å². The third-order valence-corrected chi connectivity index (χ3v) is 3.41. The van der Waals surface area contributed by atoms with Gasteiger partial charge < -0.3 is 14.7 Å². The van der Waals surface area contributed by atoms with E-state index >= 15 is 0 Å². The number of carbonyl (C=O) groups excluding carboxylic acids is 1. The smallest absolute Gasteiger partial charge is 0.305 e. The quantitative estimate of drug-likeness (QED) is 0.539. The van der Waals surface area contributed by atoms with E-state index in [1.54, 1.807) is 0 Å². The Morgan fingerprint density at radius 1 is 1.57 bits per heavy atom. The summed E-state index contributed by atoms with van der Waals surface area (Å²) in [6.45, 7) is 2.55. The molecule has 2 N–H and O–H groups in total. The van der Waals surface area contributed by atoms with E-state index in [-0.39, 0.29) is 30.4 Å². The SMILES string of the molecule is CC(=O)c1c(N2CC[C@@H]2COCCC(=O)O)cn[nH]c1=O. The fourth-order valence-corrected chi connectivity index (χ4v) is 2.26. The van der Waals surface area contributed by atoms with Gasteiger partial charge in [-0.05, 0) is 13.3 Å². The third kappa shape index (κ3) is 3.46. The van der Waals surface area contributed by atoms with E-state index in [0.29, 0.717) is 18.8 Å². The lowest BCUT2D eigenvalue weighted by Gasteiger charge is -2.42. The van der Waals surface area contributed by atoms with Crippen LogP contribution in [0.1, 0.15) is 30.1 Å². The molecule has 114 valence electrons. The summed E-state index contributed by atoms with van der Waals surface area (Å²) >= 11 is 0. The summed E-state index contributed by atoms with van der Waals surface area (Å²) in [7, 11) is 0. The van der Waals surface area contributed by atoms with Crippen LogP contribution in [0.25, 0.3) is 0 Å². The summed E-state index contributed by atoms with van der Waals surface area (Å²) in [6, 6.07) is 0.0282. The second-order valence-electron chi connectivity index (χ2n) is 4.87. The number of hydrogen-bond donors (Lipinski definition) is 2. The Morgan fingerprint density at radius 3 is 2.90 bits per heavy atom. The molecule has 0 aliphatic carbocycles. The molecule has 0 aromatic carbocycles. The van der Waals surface area contributed by atoms with Crippen molar-refractivity contribution in [2.24, 2.45) is 0 Å². The molecule has 1 aliphatic heterocycles. The van der Waals surface area contributed by atoms with E-state index in [9.17, 15) is 14.4 Å². The molecule has 8 nitrogen and oxygen atoms in total. The number of ketones is 1. The van der Waals surface area contributed by atoms with Crippen LogP contribution in [0.15, 0.2) is 11.0 Å². The van der Waals surface area contributed by atoms with Crippen molar-refractivity contribution < 1.29 is 19.4 Å². The van der Waals surface area contributed by atoms with Crippen molar-refractivity contribution in [3.8, 4) is 0 Å². The van der Waals surface area contributed by atoms with Crippen LogP contribution < -0.4 is 10.5 Å². The average molecular weight is 295 g/mol. The van der Waals surface area contributed by atoms with Crippen molar-refractivity contribution in [3.05, 3.63) is 22.1 Å². The minimum Gasteiger partial charge on any atom is -0.481 e. The van der Waals surface area contributed by atoms with Crippen molar-refractivity contribution in [1.29, 1.82) is 0 Å². The molecule has 0 unspecified atom stereocenters. The maximum atomic E-state index is 11.7. The first-order valence-corrected chi connectivity index (χ1v) is 6.65. The summed E-state index contributed by atoms with van der Waals surface area (Å²) in [6.07, 6.45) is 2.27. The lowest BCUT2D eigenvalue weighted by molar-refractivity contribution is -0.138. The number of anilines is 1. The van der Waals surface area contributed by atoms with Gasteiger partial charge in [0.2, 0.25) is 0 Å². The number of ether oxygens (including phenoxy) is 1. The van der Waals surface area contributed by atoms with Gasteiger partial charge in [0.1, 0.15) is 5.56 Å². The van der Waals surface area contributed by atoms with E-state index in [1.807, 2.05) is 4.90 Å². The highest BCUT2D eigenvalue weighted by molar-refractivity contribution is 5.99. The predicted molar refractivity (Wildman–Crippen MR) is 73.7 cm³/mol. The molecule has 1 fully saturated rings. The number of aromatic nitrogens is 2. The van der Waals surface area contributed by atoms with Crippen molar-refractivity contribution >= 4 is 17.4 Å². The van der Waals surface area contributed by atoms with Gasteiger partial charge >= 0.3 is 5.97 Å². The molecule has 0 radical (unpaired) electrons. The molecule has 21 heavy (non-hydrogen) atoms. The third-order valence-electron chi connectivity index (χ3n) is 3.41. The number of hydrogen-bond acceptors (Lipinski definition) is 6. The zero-order valence-electron chi connectivity index (χ0n) is 11.7. The number of carboxylic acid groups (broad SMARTS) is 1. The van der Waals surface area contributed by atoms with Crippen molar-refractivity contribution in [2.45, 2.75) is 25.8 Å². The normalized spacial score (nSPS) is 17.4. The van der Waals surface area contributed by atoms with Gasteiger partial charge in [0.05, 0.1) is 37.6 Å². The average Bonchev–Trinajstić information content (AvgIpc) is 2.36. The van der Waals surface area contributed by atoms with Crippen molar-refractivity contribution in [1.82, 2.24) is 10.2 Å². The van der Waals surface area contributed by atoms with Gasteiger partial charge in [-0.2, -0.15) is 5.10 Å². The molecule has 8 heteroatoms. The first-order chi connectivity index (χ1) is 10.0. The largest absolute Gasteiger partial charge is 0.481 e. The Hall–Kier alpha value is -2.22. The molecular formula is C13H17N3O5. The fourth-order valence-electron chi connectivity index (χ4n) is 2.26. The van der Waals surface area contributed by atoms with E-state index in [0.717, 1.165) is 6.42 Å². The Morgan fingerprint density at radius 2 is 2.33 bits per heavy atom. The van der Waals surface area contributed by atoms with Gasteiger partial charge in [-0.1, -0.05) is 0 Å². The molecule has 0 amide bonds. The monoisotopic (exact) mass is 295 g/mol. The van der Waals surface area contributed by atoms with Crippen LogP contribution in [0.5, 0.6) is 0 Å². The highest BCUT2D eigenvalue weighted by Crippen LogP contribution is 2.27. The lowest BCUT2D eigenvalue weighted by Crippen LogP contribution is -2.51. The number of aromatic amines is 1. The van der Waals surface area contributed by atoms with Crippen LogP contribution >= 0.6 is 0 Å². The number of nitrogens with one attached hydrogen (secondary N) is 1. The van der Waals surface area contributed by atoms with Crippen LogP contribution in [0, 0.1) is 0 Å². The van der Waals surface area contributed by atoms with Crippen LogP contribution in [0.2, 0.25) is 0 Å². The summed E-state index contributed by atoms with van der Waals surface area (Å²) in [5.74, 6) is -1.22. The molecule has 0 bridgehead atoms. The van der Waals surface area contributed by atoms with Crippen LogP contribution in [-0.4, -0.2) is 52.9 Å². The zero-order valence-corrected chi connectivity index (χ0v) is 11.7. The number of rotatable bonds is 7. The van der Waals surface area contributed by atoms with Gasteiger partial charge in [-0.3, -0.25) is 14.4 Å². The molecule has 1 saturated heterocycles. The van der Waals surface area contributed by atoms with Gasteiger partial charge in [0.25, 0.3) is 5.56 Å². The minimum absolute atomic E-state index is 0.0282. The molecule has 2 heterocycles. The van der Waals surface area contributed by atoms with Gasteiger partial charge in [0, 0.05) is 6.54 Å². The van der Waals surface area contributed by atoms with E-state index in [1.165, 1.54) is 13.1 Å². The van der Waals surface area contributed by atoms with Crippen LogP contribution in [-0.2, 0) is 9.53 Å². The molecule has 1 aliphatic rings. The predicted octanol–water partition coefficient (Wildman–Crippen LogP) is 0.0425. The Labute approximate surface area is 120 Å². The van der Waals surface area contributed by atoms with Gasteiger partial charge in [-0.15, -0.1) is 0 Å². The molecule has 1 aromatic rings. The van der Waals surface area contributed by atoms with Crippen LogP contribution in [0.3, 0.4) is 0 Å². The molecule has 2 rings (SSSR count). The topological polar surface area (TPSA) is 113 Å². The Kier molecular flexibility index (Phi) is 4.69. The first-order valence-electron chi connectivity index (χ1n) is 6.65. The second kappa shape index (κ2) is 6.49. The Bertz CT molecular complexity index is 598. The minimum atomic E-state index is -0.905. The maximum absolute atomic E-state index is 11.7. The van der Waals surface area contributed by atoms with Crippen molar-refractivity contribution in [3.63, 3.8) is 0 Å². The van der Waals surface area contributed by atoms with Crippen LogP contribution in [0.4, 0.5) is 5.69 Å².